The Morgan fingerprint density at radius 1 is 0.882 bits per heavy atom. The van der Waals surface area contributed by atoms with Gasteiger partial charge in [-0.25, -0.2) is 0 Å². The van der Waals surface area contributed by atoms with Crippen molar-refractivity contribution >= 4 is 27.3 Å². The minimum absolute atomic E-state index is 0.100. The molecule has 4 aromatic rings. The molecule has 1 unspecified atom stereocenters. The monoisotopic (exact) mass is 519 g/mol. The summed E-state index contributed by atoms with van der Waals surface area (Å²) in [5.74, 6) is 1.06. The second-order valence-corrected chi connectivity index (χ2v) is 8.98. The van der Waals surface area contributed by atoms with Crippen LogP contribution in [0.5, 0.6) is 0 Å². The van der Waals surface area contributed by atoms with Gasteiger partial charge in [-0.3, -0.25) is 15.0 Å². The summed E-state index contributed by atoms with van der Waals surface area (Å²) in [6.07, 6.45) is 0. The molecule has 34 heavy (non-hydrogen) atoms. The van der Waals surface area contributed by atoms with Crippen molar-refractivity contribution in [1.82, 2.24) is 15.1 Å². The van der Waals surface area contributed by atoms with E-state index in [1.54, 1.807) is 12.1 Å². The van der Waals surface area contributed by atoms with Gasteiger partial charge < -0.3 is 9.32 Å². The molecule has 0 saturated carbocycles. The molecule has 0 bridgehead atoms. The number of aromatic nitrogens is 2. The molecule has 1 aliphatic rings. The highest BCUT2D eigenvalue weighted by Gasteiger charge is 2.31. The Morgan fingerprint density at radius 2 is 1.56 bits per heavy atom. The zero-order valence-electron chi connectivity index (χ0n) is 18.3. The highest BCUT2D eigenvalue weighted by Crippen LogP contribution is 2.32. The van der Waals surface area contributed by atoms with Crippen molar-refractivity contribution in [3.63, 3.8) is 0 Å². The third-order valence-electron chi connectivity index (χ3n) is 5.99. The van der Waals surface area contributed by atoms with Gasteiger partial charge in [-0.1, -0.05) is 46.3 Å². The second-order valence-electron chi connectivity index (χ2n) is 8.06. The summed E-state index contributed by atoms with van der Waals surface area (Å²) in [5.41, 5.74) is 3.05. The number of nitrogens with zero attached hydrogens (tertiary/aromatic N) is 5. The molecule has 1 fully saturated rings. The summed E-state index contributed by atoms with van der Waals surface area (Å²) < 4.78 is 7.17. The van der Waals surface area contributed by atoms with Gasteiger partial charge >= 0.3 is 0 Å². The molecule has 1 atom stereocenters. The number of nitro benzene ring substituents is 1. The largest absolute Gasteiger partial charge is 0.419 e. The van der Waals surface area contributed by atoms with Crippen LogP contribution in [0.25, 0.3) is 11.5 Å². The summed E-state index contributed by atoms with van der Waals surface area (Å²) >= 11 is 3.52. The van der Waals surface area contributed by atoms with Crippen LogP contribution < -0.4 is 4.90 Å². The highest BCUT2D eigenvalue weighted by molar-refractivity contribution is 9.10. The molecule has 172 valence electrons. The van der Waals surface area contributed by atoms with Gasteiger partial charge in [-0.2, -0.15) is 0 Å². The summed E-state index contributed by atoms with van der Waals surface area (Å²) in [7, 11) is 0. The Kier molecular flexibility index (Phi) is 6.37. The quantitative estimate of drug-likeness (QED) is 0.251. The lowest BCUT2D eigenvalue weighted by Crippen LogP contribution is -2.48. The van der Waals surface area contributed by atoms with Crippen LogP contribution in [0.2, 0.25) is 0 Å². The standard InChI is InChI=1S/C25H22BrN5O3/c26-20-8-6-18(7-9-20)23(25-28-27-24(34-25)19-4-2-1-3-5-19)30-16-14-29(15-17-30)21-10-12-22(13-11-21)31(32)33/h1-13,23H,14-17H2. The van der Waals surface area contributed by atoms with E-state index in [9.17, 15) is 10.1 Å². The zero-order valence-corrected chi connectivity index (χ0v) is 19.8. The molecule has 3 aromatic carbocycles. The highest BCUT2D eigenvalue weighted by atomic mass is 79.9. The lowest BCUT2D eigenvalue weighted by atomic mass is 10.0. The van der Waals surface area contributed by atoms with Crippen molar-refractivity contribution < 1.29 is 9.34 Å². The third-order valence-corrected chi connectivity index (χ3v) is 6.51. The van der Waals surface area contributed by atoms with Gasteiger partial charge in [0.15, 0.2) is 0 Å². The van der Waals surface area contributed by atoms with Gasteiger partial charge in [0.05, 0.1) is 4.92 Å². The van der Waals surface area contributed by atoms with Crippen LogP contribution in [-0.4, -0.2) is 46.2 Å². The van der Waals surface area contributed by atoms with Crippen LogP contribution >= 0.6 is 15.9 Å². The number of rotatable bonds is 6. The number of non-ortho nitro benzene ring substituents is 1. The Labute approximate surface area is 205 Å². The zero-order chi connectivity index (χ0) is 23.5. The van der Waals surface area contributed by atoms with Gasteiger partial charge in [0.1, 0.15) is 6.04 Å². The summed E-state index contributed by atoms with van der Waals surface area (Å²) in [6.45, 7) is 3.12. The van der Waals surface area contributed by atoms with E-state index in [4.69, 9.17) is 4.42 Å². The van der Waals surface area contributed by atoms with Crippen LogP contribution in [0.3, 0.4) is 0 Å². The molecule has 9 heteroatoms. The van der Waals surface area contributed by atoms with E-state index in [1.807, 2.05) is 54.6 Å². The van der Waals surface area contributed by atoms with E-state index in [0.717, 1.165) is 47.5 Å². The summed E-state index contributed by atoms with van der Waals surface area (Å²) in [5, 5.41) is 19.7. The van der Waals surface area contributed by atoms with Gasteiger partial charge in [0, 0.05) is 54.0 Å². The van der Waals surface area contributed by atoms with Gasteiger partial charge in [-0.05, 0) is 42.0 Å². The fourth-order valence-electron chi connectivity index (χ4n) is 4.22. The molecule has 0 N–H and O–H groups in total. The average Bonchev–Trinajstić information content (AvgIpc) is 3.36. The van der Waals surface area contributed by atoms with Crippen LogP contribution in [-0.2, 0) is 0 Å². The van der Waals surface area contributed by atoms with E-state index in [2.05, 4.69) is 48.1 Å². The molecule has 0 radical (unpaired) electrons. The molecule has 2 heterocycles. The van der Waals surface area contributed by atoms with E-state index in [-0.39, 0.29) is 16.7 Å². The predicted octanol–water partition coefficient (Wildman–Crippen LogP) is 5.32. The van der Waals surface area contributed by atoms with E-state index >= 15 is 0 Å². The van der Waals surface area contributed by atoms with Gasteiger partial charge in [0.2, 0.25) is 11.8 Å². The minimum Gasteiger partial charge on any atom is -0.419 e. The van der Waals surface area contributed by atoms with Crippen molar-refractivity contribution in [2.24, 2.45) is 0 Å². The summed E-state index contributed by atoms with van der Waals surface area (Å²) in [6, 6.07) is 24.5. The Balaban J connectivity index is 1.38. The first-order valence-corrected chi connectivity index (χ1v) is 11.8. The number of anilines is 1. The smallest absolute Gasteiger partial charge is 0.269 e. The summed E-state index contributed by atoms with van der Waals surface area (Å²) in [4.78, 5) is 15.2. The van der Waals surface area contributed by atoms with Crippen LogP contribution in [0, 0.1) is 10.1 Å². The van der Waals surface area contributed by atoms with Crippen LogP contribution in [0.4, 0.5) is 11.4 Å². The first kappa shape index (κ1) is 22.2. The number of hydrogen-bond acceptors (Lipinski definition) is 7. The molecular formula is C25H22BrN5O3. The van der Waals surface area contributed by atoms with Crippen molar-refractivity contribution in [2.45, 2.75) is 6.04 Å². The van der Waals surface area contributed by atoms with E-state index in [0.29, 0.717) is 11.8 Å². The predicted molar refractivity (Wildman–Crippen MR) is 133 cm³/mol. The molecule has 8 nitrogen and oxygen atoms in total. The minimum atomic E-state index is -0.376. The van der Waals surface area contributed by atoms with E-state index in [1.165, 1.54) is 0 Å². The first-order chi connectivity index (χ1) is 16.6. The van der Waals surface area contributed by atoms with Crippen LogP contribution in [0.1, 0.15) is 17.5 Å². The van der Waals surface area contributed by atoms with E-state index < -0.39 is 0 Å². The maximum absolute atomic E-state index is 11.0. The van der Waals surface area contributed by atoms with Crippen molar-refractivity contribution in [3.05, 3.63) is 105 Å². The number of nitro groups is 1. The van der Waals surface area contributed by atoms with Crippen LogP contribution in [0.15, 0.2) is 87.8 Å². The Hall–Kier alpha value is -3.56. The number of benzene rings is 3. The Morgan fingerprint density at radius 3 is 2.21 bits per heavy atom. The molecule has 0 aliphatic carbocycles. The normalized spacial score (nSPS) is 15.3. The topological polar surface area (TPSA) is 88.5 Å². The number of hydrogen-bond donors (Lipinski definition) is 0. The lowest BCUT2D eigenvalue weighted by Gasteiger charge is -2.39. The number of halogens is 1. The Bertz CT molecular complexity index is 1250. The van der Waals surface area contributed by atoms with Gasteiger partial charge in [-0.15, -0.1) is 10.2 Å². The molecule has 5 rings (SSSR count). The fourth-order valence-corrected chi connectivity index (χ4v) is 4.48. The maximum Gasteiger partial charge on any atom is 0.269 e. The molecule has 0 spiro atoms. The van der Waals surface area contributed by atoms with Gasteiger partial charge in [0.25, 0.3) is 5.69 Å². The fraction of sp³-hybridized carbons (Fsp3) is 0.200. The molecule has 1 aromatic heterocycles. The molecule has 1 saturated heterocycles. The number of piperazine rings is 1. The van der Waals surface area contributed by atoms with Crippen molar-refractivity contribution in [3.8, 4) is 11.5 Å². The molecular weight excluding hydrogens is 498 g/mol. The lowest BCUT2D eigenvalue weighted by molar-refractivity contribution is -0.384. The third kappa shape index (κ3) is 4.71. The van der Waals surface area contributed by atoms with Crippen molar-refractivity contribution in [1.29, 1.82) is 0 Å². The van der Waals surface area contributed by atoms with Crippen molar-refractivity contribution in [2.75, 3.05) is 31.1 Å². The second kappa shape index (κ2) is 9.74. The SMILES string of the molecule is O=[N+]([O-])c1ccc(N2CCN(C(c3ccc(Br)cc3)c3nnc(-c4ccccc4)o3)CC2)cc1. The first-order valence-electron chi connectivity index (χ1n) is 11.0. The maximum atomic E-state index is 11.0. The molecule has 0 amide bonds. The molecule has 1 aliphatic heterocycles. The average molecular weight is 520 g/mol.